The summed E-state index contributed by atoms with van der Waals surface area (Å²) in [6, 6.07) is 0. The maximum atomic E-state index is 3.85. The highest BCUT2D eigenvalue weighted by Gasteiger charge is 1.94. The van der Waals surface area contributed by atoms with Gasteiger partial charge in [0.15, 0.2) is 0 Å². The van der Waals surface area contributed by atoms with Gasteiger partial charge in [0, 0.05) is 5.33 Å². The van der Waals surface area contributed by atoms with E-state index in [0.717, 1.165) is 16.6 Å². The molecule has 1 rings (SSSR count). The molecular formula is C6H7BrN2. The molecule has 0 aliphatic heterocycles. The standard InChI is InChI=1S/C6H7BrN2/c1-5(2-7)6-3-8-4-9-6/h3-4H,1-2H2,(H,8,9). The molecule has 2 nitrogen and oxygen atoms in total. The molecule has 0 atom stereocenters. The van der Waals surface area contributed by atoms with Crippen LogP contribution in [0.1, 0.15) is 5.69 Å². The number of hydrogen-bond donors (Lipinski definition) is 1. The fourth-order valence-electron chi connectivity index (χ4n) is 0.521. The van der Waals surface area contributed by atoms with Crippen LogP contribution in [0.15, 0.2) is 19.1 Å². The van der Waals surface area contributed by atoms with Crippen molar-refractivity contribution < 1.29 is 0 Å². The molecule has 0 spiro atoms. The fourth-order valence-corrected chi connectivity index (χ4v) is 0.823. The molecule has 0 aliphatic rings. The summed E-state index contributed by atoms with van der Waals surface area (Å²) in [6.45, 7) is 3.80. The molecule has 0 aromatic carbocycles. The van der Waals surface area contributed by atoms with Crippen LogP contribution in [0, 0.1) is 0 Å². The maximum absolute atomic E-state index is 3.85. The van der Waals surface area contributed by atoms with Crippen LogP contribution in [0.3, 0.4) is 0 Å². The quantitative estimate of drug-likeness (QED) is 0.702. The molecule has 0 aliphatic carbocycles. The number of aromatic amines is 1. The van der Waals surface area contributed by atoms with E-state index < -0.39 is 0 Å². The predicted molar refractivity (Wildman–Crippen MR) is 41.4 cm³/mol. The first-order chi connectivity index (χ1) is 4.34. The molecule has 1 aromatic heterocycles. The number of hydrogen-bond acceptors (Lipinski definition) is 1. The van der Waals surface area contributed by atoms with Crippen molar-refractivity contribution in [3.63, 3.8) is 0 Å². The molecule has 3 heteroatoms. The highest BCUT2D eigenvalue weighted by Crippen LogP contribution is 2.09. The third-order valence-corrected chi connectivity index (χ3v) is 1.72. The van der Waals surface area contributed by atoms with Crippen LogP contribution in [-0.4, -0.2) is 15.3 Å². The van der Waals surface area contributed by atoms with E-state index >= 15 is 0 Å². The first-order valence-corrected chi connectivity index (χ1v) is 3.69. The van der Waals surface area contributed by atoms with Gasteiger partial charge >= 0.3 is 0 Å². The SMILES string of the molecule is C=C(CBr)c1cnc[nH]1. The molecule has 0 radical (unpaired) electrons. The molecule has 0 bridgehead atoms. The van der Waals surface area contributed by atoms with Gasteiger partial charge in [-0.25, -0.2) is 4.98 Å². The second kappa shape index (κ2) is 2.82. The summed E-state index contributed by atoms with van der Waals surface area (Å²) < 4.78 is 0. The van der Waals surface area contributed by atoms with E-state index in [1.165, 1.54) is 0 Å². The first-order valence-electron chi connectivity index (χ1n) is 2.57. The summed E-state index contributed by atoms with van der Waals surface area (Å²) in [4.78, 5) is 6.80. The molecule has 0 unspecified atom stereocenters. The minimum absolute atomic E-state index is 0.787. The van der Waals surface area contributed by atoms with Gasteiger partial charge in [-0.2, -0.15) is 0 Å². The number of imidazole rings is 1. The third kappa shape index (κ3) is 1.42. The Hall–Kier alpha value is -0.570. The Kier molecular flexibility index (Phi) is 2.05. The van der Waals surface area contributed by atoms with Crippen molar-refractivity contribution in [3.05, 3.63) is 24.8 Å². The normalized spacial score (nSPS) is 9.44. The molecule has 9 heavy (non-hydrogen) atoms. The van der Waals surface area contributed by atoms with Crippen LogP contribution >= 0.6 is 15.9 Å². The summed E-state index contributed by atoms with van der Waals surface area (Å²) >= 11 is 3.29. The van der Waals surface area contributed by atoms with Crippen molar-refractivity contribution >= 4 is 21.5 Å². The van der Waals surface area contributed by atoms with Crippen molar-refractivity contribution in [2.24, 2.45) is 0 Å². The molecule has 1 aromatic rings. The Morgan fingerprint density at radius 3 is 3.11 bits per heavy atom. The smallest absolute Gasteiger partial charge is 0.0924 e. The van der Waals surface area contributed by atoms with Gasteiger partial charge in [-0.05, 0) is 5.57 Å². The number of aromatic nitrogens is 2. The number of rotatable bonds is 2. The molecule has 0 amide bonds. The van der Waals surface area contributed by atoms with Crippen molar-refractivity contribution in [2.75, 3.05) is 5.33 Å². The van der Waals surface area contributed by atoms with Crippen molar-refractivity contribution in [3.8, 4) is 0 Å². The highest BCUT2D eigenvalue weighted by atomic mass is 79.9. The lowest BCUT2D eigenvalue weighted by Gasteiger charge is -1.92. The number of allylic oxidation sites excluding steroid dienone is 1. The summed E-state index contributed by atoms with van der Waals surface area (Å²) in [5.41, 5.74) is 2.01. The van der Waals surface area contributed by atoms with Crippen LogP contribution in [0.4, 0.5) is 0 Å². The zero-order chi connectivity index (χ0) is 6.69. The van der Waals surface area contributed by atoms with E-state index in [0.29, 0.717) is 0 Å². The molecule has 1 heterocycles. The van der Waals surface area contributed by atoms with E-state index in [1.807, 2.05) is 0 Å². The van der Waals surface area contributed by atoms with Gasteiger partial charge in [0.1, 0.15) is 0 Å². The Labute approximate surface area is 62.1 Å². The van der Waals surface area contributed by atoms with Crippen molar-refractivity contribution in [2.45, 2.75) is 0 Å². The fraction of sp³-hybridized carbons (Fsp3) is 0.167. The van der Waals surface area contributed by atoms with Crippen LogP contribution in [0.25, 0.3) is 5.57 Å². The zero-order valence-electron chi connectivity index (χ0n) is 4.89. The van der Waals surface area contributed by atoms with E-state index in [-0.39, 0.29) is 0 Å². The average Bonchev–Trinajstić information content (AvgIpc) is 2.37. The van der Waals surface area contributed by atoms with Crippen LogP contribution in [-0.2, 0) is 0 Å². The number of H-pyrrole nitrogens is 1. The Balaban J connectivity index is 2.77. The highest BCUT2D eigenvalue weighted by molar-refractivity contribution is 9.09. The van der Waals surface area contributed by atoms with Gasteiger partial charge in [-0.3, -0.25) is 0 Å². The third-order valence-electron chi connectivity index (χ3n) is 1.04. The zero-order valence-corrected chi connectivity index (χ0v) is 6.48. The molecule has 0 fully saturated rings. The van der Waals surface area contributed by atoms with Crippen LogP contribution in [0.2, 0.25) is 0 Å². The van der Waals surface area contributed by atoms with E-state index in [1.54, 1.807) is 12.5 Å². The number of alkyl halides is 1. The molecule has 1 N–H and O–H groups in total. The van der Waals surface area contributed by atoms with Gasteiger partial charge in [0.2, 0.25) is 0 Å². The molecular weight excluding hydrogens is 180 g/mol. The largest absolute Gasteiger partial charge is 0.345 e. The summed E-state index contributed by atoms with van der Waals surface area (Å²) in [7, 11) is 0. The Bertz CT molecular complexity index is 191. The minimum atomic E-state index is 0.787. The van der Waals surface area contributed by atoms with Crippen molar-refractivity contribution in [1.29, 1.82) is 0 Å². The maximum Gasteiger partial charge on any atom is 0.0924 e. The first kappa shape index (κ1) is 6.55. The lowest BCUT2D eigenvalue weighted by molar-refractivity contribution is 1.30. The van der Waals surface area contributed by atoms with E-state index in [4.69, 9.17) is 0 Å². The average molecular weight is 187 g/mol. The van der Waals surface area contributed by atoms with Gasteiger partial charge in [-0.15, -0.1) is 0 Å². The Morgan fingerprint density at radius 1 is 1.89 bits per heavy atom. The molecule has 0 saturated heterocycles. The van der Waals surface area contributed by atoms with Crippen LogP contribution in [0.5, 0.6) is 0 Å². The van der Waals surface area contributed by atoms with Gasteiger partial charge in [0.25, 0.3) is 0 Å². The minimum Gasteiger partial charge on any atom is -0.345 e. The summed E-state index contributed by atoms with van der Waals surface area (Å²) in [5.74, 6) is 0. The van der Waals surface area contributed by atoms with Crippen LogP contribution < -0.4 is 0 Å². The van der Waals surface area contributed by atoms with Gasteiger partial charge in [0.05, 0.1) is 18.2 Å². The second-order valence-electron chi connectivity index (χ2n) is 1.70. The molecule has 48 valence electrons. The monoisotopic (exact) mass is 186 g/mol. The number of nitrogens with one attached hydrogen (secondary N) is 1. The van der Waals surface area contributed by atoms with E-state index in [9.17, 15) is 0 Å². The van der Waals surface area contributed by atoms with Gasteiger partial charge < -0.3 is 4.98 Å². The summed E-state index contributed by atoms with van der Waals surface area (Å²) in [5, 5.41) is 0.787. The molecule has 0 saturated carbocycles. The Morgan fingerprint density at radius 2 is 2.67 bits per heavy atom. The summed E-state index contributed by atoms with van der Waals surface area (Å²) in [6.07, 6.45) is 3.40. The second-order valence-corrected chi connectivity index (χ2v) is 2.26. The predicted octanol–water partition coefficient (Wildman–Crippen LogP) is 1.82. The topological polar surface area (TPSA) is 28.7 Å². The lowest BCUT2D eigenvalue weighted by Crippen LogP contribution is -1.80. The lowest BCUT2D eigenvalue weighted by atomic mass is 10.3. The van der Waals surface area contributed by atoms with Crippen molar-refractivity contribution in [1.82, 2.24) is 9.97 Å². The van der Waals surface area contributed by atoms with Gasteiger partial charge in [-0.1, -0.05) is 22.5 Å². The number of halogens is 1. The number of nitrogens with zero attached hydrogens (tertiary/aromatic N) is 1. The van der Waals surface area contributed by atoms with E-state index in [2.05, 4.69) is 32.5 Å².